The summed E-state index contributed by atoms with van der Waals surface area (Å²) in [5.41, 5.74) is 4.88. The molecular weight excluding hydrogens is 288 g/mol. The van der Waals surface area contributed by atoms with Crippen LogP contribution in [0, 0.1) is 20.8 Å². The van der Waals surface area contributed by atoms with Gasteiger partial charge in [-0.15, -0.1) is 0 Å². The van der Waals surface area contributed by atoms with Crippen molar-refractivity contribution in [3.05, 3.63) is 34.4 Å². The standard InChI is InChI=1S/C19H32N2O2/c1-13-11-14(2)17(15(3)12-13)16(4)20-9-8-10-21-18(22)23-19(5,6)7/h11-12,16,20H,8-10H2,1-7H3,(H,21,22). The molecule has 0 aromatic heterocycles. The summed E-state index contributed by atoms with van der Waals surface area (Å²) in [5.74, 6) is 0. The fraction of sp³-hybridized carbons (Fsp3) is 0.632. The van der Waals surface area contributed by atoms with Crippen LogP contribution in [0.25, 0.3) is 0 Å². The lowest BCUT2D eigenvalue weighted by molar-refractivity contribution is 0.0527. The van der Waals surface area contributed by atoms with Crippen molar-refractivity contribution in [2.24, 2.45) is 0 Å². The fourth-order valence-corrected chi connectivity index (χ4v) is 2.89. The van der Waals surface area contributed by atoms with Crippen molar-refractivity contribution >= 4 is 6.09 Å². The van der Waals surface area contributed by atoms with Crippen LogP contribution in [0.1, 0.15) is 62.4 Å². The Bertz CT molecular complexity index is 510. The average molecular weight is 320 g/mol. The first kappa shape index (κ1) is 19.5. The van der Waals surface area contributed by atoms with E-state index in [9.17, 15) is 4.79 Å². The maximum Gasteiger partial charge on any atom is 0.407 e. The zero-order chi connectivity index (χ0) is 17.6. The van der Waals surface area contributed by atoms with Crippen molar-refractivity contribution in [3.8, 4) is 0 Å². The molecule has 1 rings (SSSR count). The van der Waals surface area contributed by atoms with Crippen LogP contribution in [0.2, 0.25) is 0 Å². The number of aryl methyl sites for hydroxylation is 3. The minimum absolute atomic E-state index is 0.303. The molecule has 1 aromatic rings. The second-order valence-corrected chi connectivity index (χ2v) is 7.27. The molecule has 0 saturated heterocycles. The molecule has 0 aliphatic rings. The van der Waals surface area contributed by atoms with Crippen molar-refractivity contribution < 1.29 is 9.53 Å². The number of amides is 1. The summed E-state index contributed by atoms with van der Waals surface area (Å²) in [4.78, 5) is 11.5. The normalized spacial score (nSPS) is 12.8. The number of rotatable bonds is 6. The molecular formula is C19H32N2O2. The van der Waals surface area contributed by atoms with Crippen LogP contribution in [0.5, 0.6) is 0 Å². The van der Waals surface area contributed by atoms with Crippen molar-refractivity contribution in [1.29, 1.82) is 0 Å². The van der Waals surface area contributed by atoms with Crippen LogP contribution in [0.4, 0.5) is 4.79 Å². The van der Waals surface area contributed by atoms with Gasteiger partial charge in [-0.05, 0) is 78.1 Å². The topological polar surface area (TPSA) is 50.4 Å². The number of carbonyl (C=O) groups is 1. The lowest BCUT2D eigenvalue weighted by atomic mass is 9.95. The Morgan fingerprint density at radius 2 is 1.70 bits per heavy atom. The van der Waals surface area contributed by atoms with Crippen LogP contribution >= 0.6 is 0 Å². The van der Waals surface area contributed by atoms with E-state index in [1.165, 1.54) is 22.3 Å². The third kappa shape index (κ3) is 7.04. The van der Waals surface area contributed by atoms with Gasteiger partial charge in [-0.25, -0.2) is 4.79 Å². The zero-order valence-electron chi connectivity index (χ0n) is 15.7. The molecule has 0 spiro atoms. The summed E-state index contributed by atoms with van der Waals surface area (Å²) in [6, 6.07) is 4.76. The molecule has 0 aliphatic heterocycles. The molecule has 0 heterocycles. The van der Waals surface area contributed by atoms with Gasteiger partial charge in [-0.2, -0.15) is 0 Å². The van der Waals surface area contributed by atoms with Gasteiger partial charge >= 0.3 is 6.09 Å². The largest absolute Gasteiger partial charge is 0.444 e. The summed E-state index contributed by atoms with van der Waals surface area (Å²) in [6.07, 6.45) is 0.517. The van der Waals surface area contributed by atoms with Gasteiger partial charge in [0, 0.05) is 12.6 Å². The van der Waals surface area contributed by atoms with Crippen LogP contribution in [0.15, 0.2) is 12.1 Å². The van der Waals surface area contributed by atoms with Gasteiger partial charge in [-0.1, -0.05) is 17.7 Å². The lowest BCUT2D eigenvalue weighted by Gasteiger charge is -2.21. The van der Waals surface area contributed by atoms with Crippen molar-refractivity contribution in [2.45, 2.75) is 66.5 Å². The SMILES string of the molecule is Cc1cc(C)c(C(C)NCCCNC(=O)OC(C)(C)C)c(C)c1. The Morgan fingerprint density at radius 3 is 2.22 bits per heavy atom. The number of nitrogens with one attached hydrogen (secondary N) is 2. The lowest BCUT2D eigenvalue weighted by Crippen LogP contribution is -2.34. The van der Waals surface area contributed by atoms with Crippen molar-refractivity contribution in [1.82, 2.24) is 10.6 Å². The zero-order valence-corrected chi connectivity index (χ0v) is 15.7. The predicted octanol–water partition coefficient (Wildman–Crippen LogP) is 4.18. The highest BCUT2D eigenvalue weighted by atomic mass is 16.6. The van der Waals surface area contributed by atoms with Gasteiger partial charge < -0.3 is 15.4 Å². The first-order chi connectivity index (χ1) is 10.6. The van der Waals surface area contributed by atoms with Gasteiger partial charge in [0.05, 0.1) is 0 Å². The number of ether oxygens (including phenoxy) is 1. The minimum Gasteiger partial charge on any atom is -0.444 e. The van der Waals surface area contributed by atoms with E-state index in [1.54, 1.807) is 0 Å². The van der Waals surface area contributed by atoms with Crippen LogP contribution in [-0.4, -0.2) is 24.8 Å². The maximum absolute atomic E-state index is 11.5. The second kappa shape index (κ2) is 8.34. The third-order valence-corrected chi connectivity index (χ3v) is 3.64. The van der Waals surface area contributed by atoms with Crippen molar-refractivity contribution in [2.75, 3.05) is 13.1 Å². The summed E-state index contributed by atoms with van der Waals surface area (Å²) in [7, 11) is 0. The fourth-order valence-electron chi connectivity index (χ4n) is 2.89. The molecule has 4 nitrogen and oxygen atoms in total. The molecule has 4 heteroatoms. The molecule has 1 unspecified atom stereocenters. The second-order valence-electron chi connectivity index (χ2n) is 7.27. The minimum atomic E-state index is -0.447. The first-order valence-electron chi connectivity index (χ1n) is 8.38. The molecule has 0 aliphatic carbocycles. The molecule has 0 saturated carbocycles. The summed E-state index contributed by atoms with van der Waals surface area (Å²) in [6.45, 7) is 15.7. The summed E-state index contributed by atoms with van der Waals surface area (Å²) in [5, 5.41) is 6.31. The van der Waals surface area contributed by atoms with E-state index in [-0.39, 0.29) is 6.09 Å². The van der Waals surface area contributed by atoms with E-state index in [1.807, 2.05) is 20.8 Å². The van der Waals surface area contributed by atoms with E-state index < -0.39 is 5.60 Å². The van der Waals surface area contributed by atoms with Crippen molar-refractivity contribution in [3.63, 3.8) is 0 Å². The van der Waals surface area contributed by atoms with E-state index in [0.29, 0.717) is 12.6 Å². The molecule has 1 atom stereocenters. The Balaban J connectivity index is 2.35. The molecule has 0 radical (unpaired) electrons. The number of hydrogen-bond donors (Lipinski definition) is 2. The quantitative estimate of drug-likeness (QED) is 0.773. The predicted molar refractivity (Wildman–Crippen MR) is 95.9 cm³/mol. The molecule has 23 heavy (non-hydrogen) atoms. The summed E-state index contributed by atoms with van der Waals surface area (Å²) < 4.78 is 5.21. The van der Waals surface area contributed by atoms with Gasteiger partial charge in [0.2, 0.25) is 0 Å². The third-order valence-electron chi connectivity index (χ3n) is 3.64. The highest BCUT2D eigenvalue weighted by Crippen LogP contribution is 2.23. The highest BCUT2D eigenvalue weighted by molar-refractivity contribution is 5.67. The monoisotopic (exact) mass is 320 g/mol. The maximum atomic E-state index is 11.5. The Morgan fingerprint density at radius 1 is 1.13 bits per heavy atom. The molecule has 1 aromatic carbocycles. The van der Waals surface area contributed by atoms with E-state index >= 15 is 0 Å². The number of benzene rings is 1. The van der Waals surface area contributed by atoms with E-state index in [4.69, 9.17) is 4.74 Å². The molecule has 130 valence electrons. The van der Waals surface area contributed by atoms with E-state index in [2.05, 4.69) is 50.5 Å². The highest BCUT2D eigenvalue weighted by Gasteiger charge is 2.15. The first-order valence-corrected chi connectivity index (χ1v) is 8.38. The number of alkyl carbamates (subject to hydrolysis) is 1. The summed E-state index contributed by atoms with van der Waals surface area (Å²) >= 11 is 0. The Labute approximate surface area is 141 Å². The number of carbonyl (C=O) groups excluding carboxylic acids is 1. The van der Waals surface area contributed by atoms with Crippen LogP contribution < -0.4 is 10.6 Å². The van der Waals surface area contributed by atoms with Crippen LogP contribution in [-0.2, 0) is 4.74 Å². The Hall–Kier alpha value is -1.55. The smallest absolute Gasteiger partial charge is 0.407 e. The van der Waals surface area contributed by atoms with Gasteiger partial charge in [0.25, 0.3) is 0 Å². The molecule has 0 bridgehead atoms. The average Bonchev–Trinajstić information content (AvgIpc) is 2.34. The van der Waals surface area contributed by atoms with E-state index in [0.717, 1.165) is 13.0 Å². The molecule has 0 fully saturated rings. The Kier molecular flexibility index (Phi) is 7.07. The van der Waals surface area contributed by atoms with Gasteiger partial charge in [0.15, 0.2) is 0 Å². The van der Waals surface area contributed by atoms with Gasteiger partial charge in [-0.3, -0.25) is 0 Å². The van der Waals surface area contributed by atoms with Crippen LogP contribution in [0.3, 0.4) is 0 Å². The number of hydrogen-bond acceptors (Lipinski definition) is 3. The molecule has 1 amide bonds. The molecule has 2 N–H and O–H groups in total. The van der Waals surface area contributed by atoms with Gasteiger partial charge in [0.1, 0.15) is 5.60 Å².